The van der Waals surface area contributed by atoms with Gasteiger partial charge in [0.2, 0.25) is 5.91 Å². The van der Waals surface area contributed by atoms with E-state index in [9.17, 15) is 13.2 Å². The minimum absolute atomic E-state index is 0.172. The van der Waals surface area contributed by atoms with Crippen LogP contribution in [0.25, 0.3) is 10.2 Å². The summed E-state index contributed by atoms with van der Waals surface area (Å²) in [6, 6.07) is 14.4. The van der Waals surface area contributed by atoms with Crippen LogP contribution in [0.5, 0.6) is 0 Å². The fourth-order valence-corrected chi connectivity index (χ4v) is 5.91. The van der Waals surface area contributed by atoms with E-state index >= 15 is 0 Å². The molecule has 0 unspecified atom stereocenters. The van der Waals surface area contributed by atoms with Crippen molar-refractivity contribution in [1.82, 2.24) is 15.2 Å². The number of amides is 1. The second-order valence-corrected chi connectivity index (χ2v) is 10.7. The molecule has 31 heavy (non-hydrogen) atoms. The molecule has 3 aromatic rings. The Morgan fingerprint density at radius 3 is 2.58 bits per heavy atom. The molecule has 1 aromatic heterocycles. The van der Waals surface area contributed by atoms with Crippen molar-refractivity contribution in [2.75, 3.05) is 49.9 Å². The van der Waals surface area contributed by atoms with Crippen molar-refractivity contribution in [3.05, 3.63) is 54.1 Å². The zero-order valence-electron chi connectivity index (χ0n) is 17.5. The molecule has 2 heterocycles. The van der Waals surface area contributed by atoms with Crippen LogP contribution in [0.2, 0.25) is 0 Å². The minimum Gasteiger partial charge on any atom is -0.354 e. The lowest BCUT2D eigenvalue weighted by molar-refractivity contribution is -0.118. The van der Waals surface area contributed by atoms with Crippen LogP contribution in [-0.4, -0.2) is 69.2 Å². The third-order valence-electron chi connectivity index (χ3n) is 5.35. The third kappa shape index (κ3) is 5.41. The average molecular weight is 459 g/mol. The van der Waals surface area contributed by atoms with Crippen molar-refractivity contribution in [2.24, 2.45) is 0 Å². The zero-order valence-corrected chi connectivity index (χ0v) is 19.1. The molecule has 0 bridgehead atoms. The molecule has 9 heteroatoms. The number of carbonyl (C=O) groups excluding carboxylic acids is 1. The van der Waals surface area contributed by atoms with Crippen molar-refractivity contribution < 1.29 is 13.2 Å². The SMILES string of the molecule is Cc1ccc2nc(N3CCN(CCNC(=O)CS(=O)(=O)c4ccccc4)CC3)sc2c1. The molecule has 0 radical (unpaired) electrons. The van der Waals surface area contributed by atoms with E-state index in [4.69, 9.17) is 4.98 Å². The van der Waals surface area contributed by atoms with E-state index in [0.29, 0.717) is 13.1 Å². The lowest BCUT2D eigenvalue weighted by Gasteiger charge is -2.34. The number of thiazole rings is 1. The fourth-order valence-electron chi connectivity index (χ4n) is 3.61. The number of anilines is 1. The van der Waals surface area contributed by atoms with Gasteiger partial charge in [0.1, 0.15) is 5.75 Å². The first-order chi connectivity index (χ1) is 14.9. The average Bonchev–Trinajstić information content (AvgIpc) is 3.18. The molecule has 0 saturated carbocycles. The second kappa shape index (κ2) is 9.33. The van der Waals surface area contributed by atoms with Crippen molar-refractivity contribution in [3.63, 3.8) is 0 Å². The number of benzene rings is 2. The van der Waals surface area contributed by atoms with Crippen LogP contribution in [0.15, 0.2) is 53.4 Å². The lowest BCUT2D eigenvalue weighted by atomic mass is 10.2. The molecule has 1 fully saturated rings. The van der Waals surface area contributed by atoms with Gasteiger partial charge in [-0.1, -0.05) is 35.6 Å². The predicted octanol–water partition coefficient (Wildman–Crippen LogP) is 2.32. The molecule has 1 aliphatic heterocycles. The first-order valence-corrected chi connectivity index (χ1v) is 12.8. The highest BCUT2D eigenvalue weighted by Crippen LogP contribution is 2.29. The zero-order chi connectivity index (χ0) is 21.8. The molecule has 4 rings (SSSR count). The van der Waals surface area contributed by atoms with E-state index in [1.54, 1.807) is 29.5 Å². The smallest absolute Gasteiger partial charge is 0.235 e. The van der Waals surface area contributed by atoms with E-state index in [1.807, 2.05) is 0 Å². The van der Waals surface area contributed by atoms with Crippen molar-refractivity contribution in [1.29, 1.82) is 0 Å². The maximum absolute atomic E-state index is 12.3. The Hall–Kier alpha value is -2.49. The van der Waals surface area contributed by atoms with Crippen molar-refractivity contribution >= 4 is 42.4 Å². The molecule has 164 valence electrons. The van der Waals surface area contributed by atoms with E-state index < -0.39 is 21.5 Å². The second-order valence-electron chi connectivity index (χ2n) is 7.72. The predicted molar refractivity (Wildman–Crippen MR) is 125 cm³/mol. The normalized spacial score (nSPS) is 15.3. The Morgan fingerprint density at radius 1 is 1.10 bits per heavy atom. The van der Waals surface area contributed by atoms with E-state index in [2.05, 4.69) is 40.2 Å². The standard InChI is InChI=1S/C22H26N4O3S2/c1-17-7-8-19-20(15-17)30-22(24-19)26-13-11-25(12-14-26)10-9-23-21(27)16-31(28,29)18-5-3-2-4-6-18/h2-8,15H,9-14,16H2,1H3,(H,23,27). The Bertz CT molecular complexity index is 1150. The Balaban J connectivity index is 1.22. The number of aromatic nitrogens is 1. The molecule has 7 nitrogen and oxygen atoms in total. The monoisotopic (exact) mass is 458 g/mol. The summed E-state index contributed by atoms with van der Waals surface area (Å²) >= 11 is 1.73. The molecule has 1 aliphatic rings. The number of fused-ring (bicyclic) bond motifs is 1. The maximum atomic E-state index is 12.3. The van der Waals surface area contributed by atoms with E-state index in [0.717, 1.165) is 36.8 Å². The van der Waals surface area contributed by atoms with Gasteiger partial charge in [0.05, 0.1) is 15.1 Å². The minimum atomic E-state index is -3.60. The number of carbonyl (C=O) groups is 1. The number of aryl methyl sites for hydroxylation is 1. The summed E-state index contributed by atoms with van der Waals surface area (Å²) < 4.78 is 25.8. The maximum Gasteiger partial charge on any atom is 0.235 e. The van der Waals surface area contributed by atoms with Crippen LogP contribution in [0, 0.1) is 6.92 Å². The fraction of sp³-hybridized carbons (Fsp3) is 0.364. The molecule has 1 N–H and O–H groups in total. The van der Waals surface area contributed by atoms with Crippen molar-refractivity contribution in [3.8, 4) is 0 Å². The first kappa shape index (κ1) is 21.7. The Kier molecular flexibility index (Phi) is 6.54. The van der Waals surface area contributed by atoms with Crippen LogP contribution in [0.3, 0.4) is 0 Å². The summed E-state index contributed by atoms with van der Waals surface area (Å²) in [6.45, 7) is 6.76. The van der Waals surface area contributed by atoms with Gasteiger partial charge in [0.25, 0.3) is 0 Å². The number of nitrogens with zero attached hydrogens (tertiary/aromatic N) is 3. The van der Waals surface area contributed by atoms with Crippen LogP contribution >= 0.6 is 11.3 Å². The van der Waals surface area contributed by atoms with Crippen LogP contribution < -0.4 is 10.2 Å². The molecular formula is C22H26N4O3S2. The van der Waals surface area contributed by atoms with Crippen molar-refractivity contribution in [2.45, 2.75) is 11.8 Å². The molecule has 0 spiro atoms. The summed E-state index contributed by atoms with van der Waals surface area (Å²) in [7, 11) is -3.60. The van der Waals surface area contributed by atoms with Gasteiger partial charge in [0.15, 0.2) is 15.0 Å². The van der Waals surface area contributed by atoms with Gasteiger partial charge in [-0.05, 0) is 36.8 Å². The quantitative estimate of drug-likeness (QED) is 0.585. The topological polar surface area (TPSA) is 82.6 Å². The van der Waals surface area contributed by atoms with Gasteiger partial charge in [-0.15, -0.1) is 0 Å². The van der Waals surface area contributed by atoms with Crippen LogP contribution in [-0.2, 0) is 14.6 Å². The van der Waals surface area contributed by atoms with Gasteiger partial charge in [0, 0.05) is 39.3 Å². The number of sulfone groups is 1. The Labute approximate surface area is 186 Å². The summed E-state index contributed by atoms with van der Waals surface area (Å²) in [5, 5.41) is 3.79. The highest BCUT2D eigenvalue weighted by Gasteiger charge is 2.21. The molecule has 1 saturated heterocycles. The van der Waals surface area contributed by atoms with Gasteiger partial charge in [-0.25, -0.2) is 13.4 Å². The Morgan fingerprint density at radius 2 is 1.84 bits per heavy atom. The van der Waals surface area contributed by atoms with Gasteiger partial charge >= 0.3 is 0 Å². The number of hydrogen-bond donors (Lipinski definition) is 1. The summed E-state index contributed by atoms with van der Waals surface area (Å²) in [5.74, 6) is -0.991. The van der Waals surface area contributed by atoms with Gasteiger partial charge in [-0.2, -0.15) is 0 Å². The summed E-state index contributed by atoms with van der Waals surface area (Å²) in [6.07, 6.45) is 0. The van der Waals surface area contributed by atoms with E-state index in [1.165, 1.54) is 22.4 Å². The molecule has 1 amide bonds. The van der Waals surface area contributed by atoms with Gasteiger partial charge in [-0.3, -0.25) is 9.69 Å². The summed E-state index contributed by atoms with van der Waals surface area (Å²) in [5.41, 5.74) is 2.28. The highest BCUT2D eigenvalue weighted by molar-refractivity contribution is 7.92. The largest absolute Gasteiger partial charge is 0.354 e. The highest BCUT2D eigenvalue weighted by atomic mass is 32.2. The number of rotatable bonds is 7. The number of hydrogen-bond acceptors (Lipinski definition) is 7. The number of nitrogens with one attached hydrogen (secondary N) is 1. The van der Waals surface area contributed by atoms with Crippen LogP contribution in [0.1, 0.15) is 5.56 Å². The lowest BCUT2D eigenvalue weighted by Crippen LogP contribution is -2.48. The first-order valence-electron chi connectivity index (χ1n) is 10.3. The van der Waals surface area contributed by atoms with Crippen LogP contribution in [0.4, 0.5) is 5.13 Å². The van der Waals surface area contributed by atoms with Gasteiger partial charge < -0.3 is 10.2 Å². The molecular weight excluding hydrogens is 432 g/mol. The number of piperazine rings is 1. The summed E-state index contributed by atoms with van der Waals surface area (Å²) in [4.78, 5) is 21.6. The molecule has 2 aromatic carbocycles. The third-order valence-corrected chi connectivity index (χ3v) is 8.06. The molecule has 0 aliphatic carbocycles. The van der Waals surface area contributed by atoms with E-state index in [-0.39, 0.29) is 4.90 Å². The molecule has 0 atom stereocenters.